The van der Waals surface area contributed by atoms with Crippen LogP contribution in [0, 0.1) is 0 Å². The van der Waals surface area contributed by atoms with Gasteiger partial charge < -0.3 is 20.4 Å². The summed E-state index contributed by atoms with van der Waals surface area (Å²) in [6, 6.07) is 14.8. The molecule has 0 radical (unpaired) electrons. The quantitative estimate of drug-likeness (QED) is 0.519. The van der Waals surface area contributed by atoms with Crippen molar-refractivity contribution in [2.24, 2.45) is 4.99 Å². The first-order valence-electron chi connectivity index (χ1n) is 11.2. The third kappa shape index (κ3) is 6.46. The molecule has 1 unspecified atom stereocenters. The minimum atomic E-state index is 0.421. The number of guanidine groups is 1. The van der Waals surface area contributed by atoms with E-state index in [1.807, 2.05) is 6.20 Å². The molecule has 1 aromatic carbocycles. The van der Waals surface area contributed by atoms with Gasteiger partial charge in [0.1, 0.15) is 5.82 Å². The number of hydrogen-bond donors (Lipinski definition) is 2. The van der Waals surface area contributed by atoms with Crippen molar-refractivity contribution in [3.8, 4) is 0 Å². The van der Waals surface area contributed by atoms with Crippen LogP contribution in [0.3, 0.4) is 0 Å². The van der Waals surface area contributed by atoms with Crippen LogP contribution in [0.5, 0.6) is 0 Å². The Labute approximate surface area is 181 Å². The van der Waals surface area contributed by atoms with Crippen LogP contribution >= 0.6 is 0 Å². The summed E-state index contributed by atoms with van der Waals surface area (Å²) in [5.74, 6) is 2.34. The lowest BCUT2D eigenvalue weighted by molar-refractivity contribution is 0.270. The molecule has 1 aromatic heterocycles. The van der Waals surface area contributed by atoms with Crippen LogP contribution in [-0.2, 0) is 6.54 Å². The molecule has 0 amide bonds. The average molecular weight is 409 g/mol. The second-order valence-corrected chi connectivity index (χ2v) is 7.83. The van der Waals surface area contributed by atoms with E-state index in [1.54, 1.807) is 0 Å². The molecule has 162 valence electrons. The van der Waals surface area contributed by atoms with Crippen molar-refractivity contribution < 1.29 is 0 Å². The standard InChI is InChI=1S/C24H36N6/c1-4-25-24(27-18-20(3)22-9-7-6-8-10-22)28-19-21-11-12-26-23(17-21)30-15-13-29(5-2)14-16-30/h6-12,17,20H,4-5,13-16,18-19H2,1-3H3,(H2,25,27,28). The molecule has 0 spiro atoms. The van der Waals surface area contributed by atoms with Crippen LogP contribution in [-0.4, -0.2) is 61.7 Å². The van der Waals surface area contributed by atoms with Crippen molar-refractivity contribution in [2.75, 3.05) is 50.7 Å². The maximum absolute atomic E-state index is 4.80. The Morgan fingerprint density at radius 1 is 1.07 bits per heavy atom. The van der Waals surface area contributed by atoms with E-state index in [-0.39, 0.29) is 0 Å². The van der Waals surface area contributed by atoms with E-state index in [9.17, 15) is 0 Å². The maximum Gasteiger partial charge on any atom is 0.191 e. The van der Waals surface area contributed by atoms with Crippen LogP contribution in [0.25, 0.3) is 0 Å². The van der Waals surface area contributed by atoms with E-state index in [0.717, 1.165) is 57.6 Å². The molecular weight excluding hydrogens is 372 g/mol. The number of aromatic nitrogens is 1. The molecule has 3 rings (SSSR count). The first kappa shape index (κ1) is 22.1. The van der Waals surface area contributed by atoms with Gasteiger partial charge in [-0.2, -0.15) is 0 Å². The van der Waals surface area contributed by atoms with Gasteiger partial charge in [-0.3, -0.25) is 0 Å². The summed E-state index contributed by atoms with van der Waals surface area (Å²) in [4.78, 5) is 14.3. The zero-order chi connectivity index (χ0) is 21.2. The number of nitrogens with one attached hydrogen (secondary N) is 2. The maximum atomic E-state index is 4.80. The molecule has 0 bridgehead atoms. The predicted molar refractivity (Wildman–Crippen MR) is 126 cm³/mol. The van der Waals surface area contributed by atoms with Crippen molar-refractivity contribution >= 4 is 11.8 Å². The summed E-state index contributed by atoms with van der Waals surface area (Å²) in [5, 5.41) is 6.84. The Balaban J connectivity index is 1.58. The number of likely N-dealkylation sites (N-methyl/N-ethyl adjacent to an activating group) is 1. The third-order valence-corrected chi connectivity index (χ3v) is 5.66. The Bertz CT molecular complexity index is 783. The molecule has 2 aromatic rings. The summed E-state index contributed by atoms with van der Waals surface area (Å²) >= 11 is 0. The topological polar surface area (TPSA) is 55.8 Å². The molecule has 0 saturated carbocycles. The molecular formula is C24H36N6. The summed E-state index contributed by atoms with van der Waals surface area (Å²) in [5.41, 5.74) is 2.52. The Morgan fingerprint density at radius 3 is 2.53 bits per heavy atom. The van der Waals surface area contributed by atoms with Gasteiger partial charge in [0.2, 0.25) is 0 Å². The van der Waals surface area contributed by atoms with Crippen LogP contribution < -0.4 is 15.5 Å². The Morgan fingerprint density at radius 2 is 1.83 bits per heavy atom. The van der Waals surface area contributed by atoms with E-state index >= 15 is 0 Å². The minimum absolute atomic E-state index is 0.421. The highest BCUT2D eigenvalue weighted by Crippen LogP contribution is 2.16. The molecule has 2 heterocycles. The van der Waals surface area contributed by atoms with Crippen molar-refractivity contribution in [1.29, 1.82) is 0 Å². The number of aliphatic imine (C=N–C) groups is 1. The fourth-order valence-electron chi connectivity index (χ4n) is 3.69. The molecule has 0 aliphatic carbocycles. The molecule has 1 atom stereocenters. The van der Waals surface area contributed by atoms with Gasteiger partial charge >= 0.3 is 0 Å². The monoisotopic (exact) mass is 408 g/mol. The van der Waals surface area contributed by atoms with E-state index in [4.69, 9.17) is 4.99 Å². The SMILES string of the molecule is CCNC(=NCc1ccnc(N2CCN(CC)CC2)c1)NCC(C)c1ccccc1. The zero-order valence-electron chi connectivity index (χ0n) is 18.6. The lowest BCUT2D eigenvalue weighted by Gasteiger charge is -2.34. The number of anilines is 1. The molecule has 6 heteroatoms. The number of pyridine rings is 1. The number of nitrogens with zero attached hydrogens (tertiary/aromatic N) is 4. The van der Waals surface area contributed by atoms with Crippen molar-refractivity contribution in [3.05, 3.63) is 59.8 Å². The summed E-state index contributed by atoms with van der Waals surface area (Å²) in [7, 11) is 0. The molecule has 1 aliphatic rings. The molecule has 1 fully saturated rings. The van der Waals surface area contributed by atoms with Crippen molar-refractivity contribution in [3.63, 3.8) is 0 Å². The number of benzene rings is 1. The van der Waals surface area contributed by atoms with Gasteiger partial charge in [0.15, 0.2) is 5.96 Å². The summed E-state index contributed by atoms with van der Waals surface area (Å²) in [6.07, 6.45) is 1.91. The zero-order valence-corrected chi connectivity index (χ0v) is 18.6. The fraction of sp³-hybridized carbons (Fsp3) is 0.500. The number of rotatable bonds is 8. The molecule has 30 heavy (non-hydrogen) atoms. The summed E-state index contributed by atoms with van der Waals surface area (Å²) in [6.45, 7) is 14.3. The van der Waals surface area contributed by atoms with Gasteiger partial charge in [0, 0.05) is 45.5 Å². The minimum Gasteiger partial charge on any atom is -0.357 e. The van der Waals surface area contributed by atoms with Gasteiger partial charge in [-0.15, -0.1) is 0 Å². The molecule has 1 saturated heterocycles. The van der Waals surface area contributed by atoms with Crippen molar-refractivity contribution in [1.82, 2.24) is 20.5 Å². The van der Waals surface area contributed by atoms with Gasteiger partial charge in [-0.25, -0.2) is 9.98 Å². The van der Waals surface area contributed by atoms with Crippen LogP contribution in [0.1, 0.15) is 37.8 Å². The van der Waals surface area contributed by atoms with E-state index in [0.29, 0.717) is 12.5 Å². The Kier molecular flexibility index (Phi) is 8.51. The normalized spacial score (nSPS) is 16.4. The van der Waals surface area contributed by atoms with E-state index in [2.05, 4.69) is 88.7 Å². The third-order valence-electron chi connectivity index (χ3n) is 5.66. The number of hydrogen-bond acceptors (Lipinski definition) is 4. The van der Waals surface area contributed by atoms with Crippen LogP contribution in [0.4, 0.5) is 5.82 Å². The summed E-state index contributed by atoms with van der Waals surface area (Å²) < 4.78 is 0. The highest BCUT2D eigenvalue weighted by atomic mass is 15.3. The first-order chi connectivity index (χ1) is 14.7. The van der Waals surface area contributed by atoms with Crippen LogP contribution in [0.2, 0.25) is 0 Å². The molecule has 6 nitrogen and oxygen atoms in total. The largest absolute Gasteiger partial charge is 0.357 e. The second kappa shape index (κ2) is 11.6. The van der Waals surface area contributed by atoms with Gasteiger partial charge in [0.25, 0.3) is 0 Å². The highest BCUT2D eigenvalue weighted by molar-refractivity contribution is 5.79. The van der Waals surface area contributed by atoms with E-state index < -0.39 is 0 Å². The van der Waals surface area contributed by atoms with Gasteiger partial charge in [-0.1, -0.05) is 44.2 Å². The fourth-order valence-corrected chi connectivity index (χ4v) is 3.69. The molecule has 2 N–H and O–H groups in total. The Hall–Kier alpha value is -2.60. The highest BCUT2D eigenvalue weighted by Gasteiger charge is 2.16. The predicted octanol–water partition coefficient (Wildman–Crippen LogP) is 3.08. The number of piperazine rings is 1. The second-order valence-electron chi connectivity index (χ2n) is 7.83. The van der Waals surface area contributed by atoms with Crippen LogP contribution in [0.15, 0.2) is 53.7 Å². The van der Waals surface area contributed by atoms with E-state index in [1.165, 1.54) is 11.1 Å². The van der Waals surface area contributed by atoms with Gasteiger partial charge in [0.05, 0.1) is 6.54 Å². The van der Waals surface area contributed by atoms with Crippen molar-refractivity contribution in [2.45, 2.75) is 33.2 Å². The first-order valence-corrected chi connectivity index (χ1v) is 11.2. The van der Waals surface area contributed by atoms with Gasteiger partial charge in [-0.05, 0) is 42.6 Å². The smallest absolute Gasteiger partial charge is 0.191 e. The lowest BCUT2D eigenvalue weighted by atomic mass is 10.0. The lowest BCUT2D eigenvalue weighted by Crippen LogP contribution is -2.46. The average Bonchev–Trinajstić information content (AvgIpc) is 2.81. The molecule has 1 aliphatic heterocycles.